The molecule has 2 heterocycles. The quantitative estimate of drug-likeness (QED) is 0.751. The van der Waals surface area contributed by atoms with Gasteiger partial charge in [0, 0.05) is 12.4 Å². The van der Waals surface area contributed by atoms with Crippen molar-refractivity contribution in [2.75, 3.05) is 4.90 Å². The fraction of sp³-hybridized carbons (Fsp3) is 0. The van der Waals surface area contributed by atoms with Gasteiger partial charge in [-0.15, -0.1) is 0 Å². The molecule has 0 aliphatic carbocycles. The molecule has 0 unspecified atom stereocenters. The van der Waals surface area contributed by atoms with Crippen molar-refractivity contribution in [2.24, 2.45) is 0 Å². The fourth-order valence-corrected chi connectivity index (χ4v) is 2.43. The first-order chi connectivity index (χ1) is 9.50. The number of rotatable bonds is 1. The molecule has 7 heteroatoms. The minimum Gasteiger partial charge on any atom is -0.268 e. The summed E-state index contributed by atoms with van der Waals surface area (Å²) in [6.07, 6.45) is 2.82. The van der Waals surface area contributed by atoms with Crippen LogP contribution in [0, 0.1) is 11.6 Å². The average molecular weight is 339 g/mol. The van der Waals surface area contributed by atoms with Gasteiger partial charge in [-0.2, -0.15) is 0 Å². The second-order valence-corrected chi connectivity index (χ2v) is 4.94. The number of halogens is 3. The van der Waals surface area contributed by atoms with E-state index in [2.05, 4.69) is 20.9 Å². The van der Waals surface area contributed by atoms with Gasteiger partial charge in [0.05, 0.1) is 21.3 Å². The first-order valence-corrected chi connectivity index (χ1v) is 6.27. The van der Waals surface area contributed by atoms with Crippen LogP contribution in [0.1, 0.15) is 20.7 Å². The van der Waals surface area contributed by atoms with Crippen molar-refractivity contribution < 1.29 is 18.4 Å². The first-order valence-electron chi connectivity index (χ1n) is 5.48. The number of aromatic nitrogens is 1. The number of amides is 2. The molecule has 1 aliphatic rings. The topological polar surface area (TPSA) is 50.3 Å². The van der Waals surface area contributed by atoms with Crippen LogP contribution in [0.4, 0.5) is 14.5 Å². The first kappa shape index (κ1) is 12.9. The zero-order valence-corrected chi connectivity index (χ0v) is 11.3. The van der Waals surface area contributed by atoms with Gasteiger partial charge in [-0.05, 0) is 34.1 Å². The molecule has 0 saturated carbocycles. The molecular formula is C13H5BrF2N2O2. The van der Waals surface area contributed by atoms with E-state index in [-0.39, 0.29) is 16.8 Å². The number of hydrogen-bond donors (Lipinski definition) is 0. The summed E-state index contributed by atoms with van der Waals surface area (Å²) in [5.41, 5.74) is -0.0396. The summed E-state index contributed by atoms with van der Waals surface area (Å²) in [6.45, 7) is 0. The van der Waals surface area contributed by atoms with Crippen molar-refractivity contribution in [2.45, 2.75) is 0 Å². The molecule has 2 amide bonds. The minimum absolute atomic E-state index is 0.155. The highest BCUT2D eigenvalue weighted by molar-refractivity contribution is 9.10. The zero-order chi connectivity index (χ0) is 14.4. The number of fused-ring (bicyclic) bond motifs is 1. The number of benzene rings is 1. The van der Waals surface area contributed by atoms with E-state index in [9.17, 15) is 18.4 Å². The van der Waals surface area contributed by atoms with E-state index < -0.39 is 23.4 Å². The molecule has 3 rings (SSSR count). The maximum Gasteiger partial charge on any atom is 0.266 e. The van der Waals surface area contributed by atoms with Gasteiger partial charge >= 0.3 is 0 Å². The number of anilines is 1. The van der Waals surface area contributed by atoms with Gasteiger partial charge in [-0.3, -0.25) is 14.6 Å². The SMILES string of the molecule is O=C1c2cc(F)c(F)cc2C(=O)N1c1ccncc1Br. The minimum atomic E-state index is -1.17. The van der Waals surface area contributed by atoms with Crippen LogP contribution >= 0.6 is 15.9 Å². The Hall–Kier alpha value is -2.15. The molecule has 1 aromatic heterocycles. The maximum absolute atomic E-state index is 13.2. The van der Waals surface area contributed by atoms with E-state index in [0.717, 1.165) is 17.0 Å². The average Bonchev–Trinajstić information content (AvgIpc) is 2.64. The van der Waals surface area contributed by atoms with Crippen molar-refractivity contribution in [1.82, 2.24) is 4.98 Å². The summed E-state index contributed by atoms with van der Waals surface area (Å²) < 4.78 is 26.8. The Labute approximate surface area is 120 Å². The van der Waals surface area contributed by atoms with Crippen LogP contribution < -0.4 is 4.90 Å². The van der Waals surface area contributed by atoms with Crippen LogP contribution in [-0.2, 0) is 0 Å². The Morgan fingerprint density at radius 3 is 2.10 bits per heavy atom. The van der Waals surface area contributed by atoms with E-state index in [1.165, 1.54) is 18.5 Å². The molecular weight excluding hydrogens is 334 g/mol. The summed E-state index contributed by atoms with van der Waals surface area (Å²) >= 11 is 3.18. The summed E-state index contributed by atoms with van der Waals surface area (Å²) in [6, 6.07) is 2.93. The highest BCUT2D eigenvalue weighted by Crippen LogP contribution is 2.33. The van der Waals surface area contributed by atoms with E-state index in [4.69, 9.17) is 0 Å². The number of imide groups is 1. The van der Waals surface area contributed by atoms with E-state index in [0.29, 0.717) is 4.47 Å². The highest BCUT2D eigenvalue weighted by Gasteiger charge is 2.38. The smallest absolute Gasteiger partial charge is 0.266 e. The van der Waals surface area contributed by atoms with Gasteiger partial charge in [0.1, 0.15) is 0 Å². The fourth-order valence-electron chi connectivity index (χ4n) is 2.00. The van der Waals surface area contributed by atoms with Crippen molar-refractivity contribution in [3.05, 3.63) is 57.8 Å². The van der Waals surface area contributed by atoms with Crippen LogP contribution in [0.15, 0.2) is 35.1 Å². The van der Waals surface area contributed by atoms with E-state index in [1.807, 2.05) is 0 Å². The third-order valence-corrected chi connectivity index (χ3v) is 3.53. The van der Waals surface area contributed by atoms with Gasteiger partial charge in [0.25, 0.3) is 11.8 Å². The molecule has 0 bridgehead atoms. The molecule has 0 fully saturated rings. The molecule has 0 saturated heterocycles. The molecule has 1 aromatic carbocycles. The Morgan fingerprint density at radius 1 is 1.05 bits per heavy atom. The standard InChI is InChI=1S/C13H5BrF2N2O2/c14-8-5-17-2-1-11(8)18-12(19)6-3-9(15)10(16)4-7(6)13(18)20/h1-5H. The normalized spacial score (nSPS) is 13.8. The van der Waals surface area contributed by atoms with Crippen LogP contribution in [0.25, 0.3) is 0 Å². The summed E-state index contributed by atoms with van der Waals surface area (Å²) in [5.74, 6) is -3.73. The summed E-state index contributed by atoms with van der Waals surface area (Å²) in [5, 5.41) is 0. The zero-order valence-electron chi connectivity index (χ0n) is 9.73. The molecule has 20 heavy (non-hydrogen) atoms. The molecule has 4 nitrogen and oxygen atoms in total. The molecule has 0 N–H and O–H groups in total. The molecule has 0 spiro atoms. The van der Waals surface area contributed by atoms with E-state index in [1.54, 1.807) is 0 Å². The monoisotopic (exact) mass is 338 g/mol. The number of carbonyl (C=O) groups is 2. The number of pyridine rings is 1. The Kier molecular flexibility index (Phi) is 2.86. The van der Waals surface area contributed by atoms with Crippen LogP contribution in [0.5, 0.6) is 0 Å². The number of hydrogen-bond acceptors (Lipinski definition) is 3. The lowest BCUT2D eigenvalue weighted by Crippen LogP contribution is -2.29. The van der Waals surface area contributed by atoms with Crippen LogP contribution in [-0.4, -0.2) is 16.8 Å². The largest absolute Gasteiger partial charge is 0.268 e. The maximum atomic E-state index is 13.2. The lowest BCUT2D eigenvalue weighted by molar-refractivity contribution is 0.0926. The van der Waals surface area contributed by atoms with Crippen LogP contribution in [0.2, 0.25) is 0 Å². The molecule has 2 aromatic rings. The molecule has 100 valence electrons. The van der Waals surface area contributed by atoms with Gasteiger partial charge in [-0.25, -0.2) is 13.7 Å². The molecule has 1 aliphatic heterocycles. The third-order valence-electron chi connectivity index (χ3n) is 2.92. The van der Waals surface area contributed by atoms with Gasteiger partial charge in [0.15, 0.2) is 11.6 Å². The lowest BCUT2D eigenvalue weighted by atomic mass is 10.1. The molecule has 0 atom stereocenters. The van der Waals surface area contributed by atoms with E-state index >= 15 is 0 Å². The summed E-state index contributed by atoms with van der Waals surface area (Å²) in [4.78, 5) is 29.1. The summed E-state index contributed by atoms with van der Waals surface area (Å²) in [7, 11) is 0. The molecule has 0 radical (unpaired) electrons. The second-order valence-electron chi connectivity index (χ2n) is 4.08. The predicted octanol–water partition coefficient (Wildman–Crippen LogP) is 2.92. The second kappa shape index (κ2) is 4.45. The highest BCUT2D eigenvalue weighted by atomic mass is 79.9. The van der Waals surface area contributed by atoms with Gasteiger partial charge in [0.2, 0.25) is 0 Å². The Balaban J connectivity index is 2.17. The number of nitrogens with zero attached hydrogens (tertiary/aromatic N) is 2. The Morgan fingerprint density at radius 2 is 1.60 bits per heavy atom. The Bertz CT molecular complexity index is 723. The predicted molar refractivity (Wildman–Crippen MR) is 69.4 cm³/mol. The van der Waals surface area contributed by atoms with Crippen LogP contribution in [0.3, 0.4) is 0 Å². The van der Waals surface area contributed by atoms with Gasteiger partial charge < -0.3 is 0 Å². The van der Waals surface area contributed by atoms with Crippen molar-refractivity contribution >= 4 is 33.4 Å². The lowest BCUT2D eigenvalue weighted by Gasteiger charge is -2.14. The van der Waals surface area contributed by atoms with Crippen molar-refractivity contribution in [3.63, 3.8) is 0 Å². The number of carbonyl (C=O) groups excluding carboxylic acids is 2. The third kappa shape index (κ3) is 1.74. The van der Waals surface area contributed by atoms with Crippen molar-refractivity contribution in [3.8, 4) is 0 Å². The van der Waals surface area contributed by atoms with Gasteiger partial charge in [-0.1, -0.05) is 0 Å². The van der Waals surface area contributed by atoms with Crippen molar-refractivity contribution in [1.29, 1.82) is 0 Å².